The van der Waals surface area contributed by atoms with Crippen LogP contribution < -0.4 is 10.6 Å². The van der Waals surface area contributed by atoms with Gasteiger partial charge in [0.1, 0.15) is 6.17 Å². The van der Waals surface area contributed by atoms with Gasteiger partial charge in [0.05, 0.1) is 0 Å². The monoisotopic (exact) mass is 729 g/mol. The fourth-order valence-corrected chi connectivity index (χ4v) is 7.13. The summed E-state index contributed by atoms with van der Waals surface area (Å²) in [6.07, 6.45) is 56.5. The van der Waals surface area contributed by atoms with Gasteiger partial charge in [-0.1, -0.05) is 206 Å². The van der Waals surface area contributed by atoms with Gasteiger partial charge >= 0.3 is 0 Å². The van der Waals surface area contributed by atoms with Gasteiger partial charge in [-0.15, -0.1) is 0 Å². The summed E-state index contributed by atoms with van der Waals surface area (Å²) in [4.78, 5) is 25.1. The molecule has 4 heteroatoms. The van der Waals surface area contributed by atoms with Gasteiger partial charge in [-0.2, -0.15) is 0 Å². The number of hydrogen-bond donors (Lipinski definition) is 2. The van der Waals surface area contributed by atoms with Crippen LogP contribution in [0.3, 0.4) is 0 Å². The van der Waals surface area contributed by atoms with Crippen molar-refractivity contribution in [3.8, 4) is 0 Å². The van der Waals surface area contributed by atoms with Crippen molar-refractivity contribution < 1.29 is 9.59 Å². The first-order chi connectivity index (χ1) is 25.6. The van der Waals surface area contributed by atoms with E-state index in [0.29, 0.717) is 12.8 Å². The molecule has 306 valence electrons. The van der Waals surface area contributed by atoms with Crippen molar-refractivity contribution in [3.05, 3.63) is 24.3 Å². The first-order valence-electron chi connectivity index (χ1n) is 23.5. The number of rotatable bonds is 42. The van der Waals surface area contributed by atoms with Gasteiger partial charge in [0.25, 0.3) is 0 Å². The van der Waals surface area contributed by atoms with E-state index in [4.69, 9.17) is 0 Å². The lowest BCUT2D eigenvalue weighted by Gasteiger charge is -2.20. The molecule has 52 heavy (non-hydrogen) atoms. The minimum Gasteiger partial charge on any atom is -0.336 e. The Morgan fingerprint density at radius 2 is 0.596 bits per heavy atom. The number of unbranched alkanes of at least 4 members (excludes halogenated alkanes) is 30. The van der Waals surface area contributed by atoms with Crippen molar-refractivity contribution in [2.24, 2.45) is 0 Å². The molecule has 0 fully saturated rings. The number of carbonyl (C=O) groups excluding carboxylic acids is 2. The second kappa shape index (κ2) is 43.8. The summed E-state index contributed by atoms with van der Waals surface area (Å²) in [6, 6.07) is 0. The van der Waals surface area contributed by atoms with Gasteiger partial charge in [-0.25, -0.2) is 0 Å². The Morgan fingerprint density at radius 1 is 0.346 bits per heavy atom. The standard InChI is InChI=1S/C48H92N2O2/c1-4-7-9-11-13-15-17-19-21-23-25-27-29-31-33-35-37-39-41-44-47(51)49-46(43-6-3)50-48(52)45-42-40-38-36-34-32-30-28-26-24-22-20-18-16-14-12-10-8-5-2/h19-22,46H,4-18,23-45H2,1-3H3,(H,49,51)(H,50,52)/b21-19-,22-20-. The van der Waals surface area contributed by atoms with E-state index >= 15 is 0 Å². The fourth-order valence-electron chi connectivity index (χ4n) is 7.13. The quantitative estimate of drug-likeness (QED) is 0.0373. The summed E-state index contributed by atoms with van der Waals surface area (Å²) in [5, 5.41) is 6.18. The first kappa shape index (κ1) is 50.4. The van der Waals surface area contributed by atoms with Crippen molar-refractivity contribution in [1.29, 1.82) is 0 Å². The summed E-state index contributed by atoms with van der Waals surface area (Å²) in [5.74, 6) is 0.166. The van der Waals surface area contributed by atoms with Gasteiger partial charge in [-0.05, 0) is 70.6 Å². The molecule has 0 rings (SSSR count). The van der Waals surface area contributed by atoms with E-state index < -0.39 is 0 Å². The molecule has 0 atom stereocenters. The molecule has 4 nitrogen and oxygen atoms in total. The summed E-state index contributed by atoms with van der Waals surface area (Å²) in [6.45, 7) is 6.67. The molecule has 0 bridgehead atoms. The van der Waals surface area contributed by atoms with E-state index in [1.54, 1.807) is 0 Å². The lowest BCUT2D eigenvalue weighted by atomic mass is 10.0. The number of carbonyl (C=O) groups is 2. The molecule has 0 aliphatic carbocycles. The number of nitrogens with one attached hydrogen (secondary N) is 2. The molecule has 0 aliphatic heterocycles. The molecule has 0 radical (unpaired) electrons. The first-order valence-corrected chi connectivity index (χ1v) is 23.5. The lowest BCUT2D eigenvalue weighted by Crippen LogP contribution is -2.47. The van der Waals surface area contributed by atoms with Crippen molar-refractivity contribution in [2.45, 2.75) is 271 Å². The van der Waals surface area contributed by atoms with Crippen LogP contribution in [-0.2, 0) is 9.59 Å². The zero-order chi connectivity index (χ0) is 37.8. The Balaban J connectivity index is 3.60. The third kappa shape index (κ3) is 41.2. The molecule has 0 aromatic rings. The van der Waals surface area contributed by atoms with Crippen molar-refractivity contribution in [3.63, 3.8) is 0 Å². The van der Waals surface area contributed by atoms with Crippen LogP contribution in [0.1, 0.15) is 265 Å². The third-order valence-corrected chi connectivity index (χ3v) is 10.6. The average Bonchev–Trinajstić information content (AvgIpc) is 3.13. The van der Waals surface area contributed by atoms with Crippen molar-refractivity contribution >= 4 is 11.8 Å². The molecule has 0 saturated carbocycles. The maximum absolute atomic E-state index is 12.6. The smallest absolute Gasteiger partial charge is 0.221 e. The minimum atomic E-state index is -0.225. The Kier molecular flexibility index (Phi) is 42.5. The van der Waals surface area contributed by atoms with E-state index in [1.165, 1.54) is 193 Å². The van der Waals surface area contributed by atoms with Crippen LogP contribution in [-0.4, -0.2) is 18.0 Å². The maximum Gasteiger partial charge on any atom is 0.221 e. The zero-order valence-corrected chi connectivity index (χ0v) is 35.6. The molecular formula is C48H92N2O2. The predicted molar refractivity (Wildman–Crippen MR) is 231 cm³/mol. The molecule has 2 N–H and O–H groups in total. The Labute approximate surface area is 326 Å². The van der Waals surface area contributed by atoms with Crippen LogP contribution in [0.15, 0.2) is 24.3 Å². The highest BCUT2D eigenvalue weighted by Gasteiger charge is 2.14. The van der Waals surface area contributed by atoms with Crippen molar-refractivity contribution in [2.75, 3.05) is 0 Å². The maximum atomic E-state index is 12.6. The van der Waals surface area contributed by atoms with Crippen LogP contribution in [0.2, 0.25) is 0 Å². The van der Waals surface area contributed by atoms with E-state index in [0.717, 1.165) is 38.5 Å². The topological polar surface area (TPSA) is 58.2 Å². The summed E-state index contributed by atoms with van der Waals surface area (Å²) in [7, 11) is 0. The number of hydrogen-bond acceptors (Lipinski definition) is 2. The summed E-state index contributed by atoms with van der Waals surface area (Å²) < 4.78 is 0. The predicted octanol–water partition coefficient (Wildman–Crippen LogP) is 15.5. The molecule has 0 aliphatic rings. The SMILES string of the molecule is CCCCCCCC/C=C\CCCCCCCCCCCC(=O)NC(CCC)NC(=O)CCCCCCCCCCC/C=C\CCCCCCCC. The van der Waals surface area contributed by atoms with Crippen LogP contribution in [0.4, 0.5) is 0 Å². The second-order valence-electron chi connectivity index (χ2n) is 16.0. The highest BCUT2D eigenvalue weighted by atomic mass is 16.2. The molecule has 0 heterocycles. The van der Waals surface area contributed by atoms with Gasteiger partial charge in [0, 0.05) is 12.8 Å². The zero-order valence-electron chi connectivity index (χ0n) is 35.6. The molecule has 0 unspecified atom stereocenters. The Hall–Kier alpha value is -1.58. The van der Waals surface area contributed by atoms with E-state index in [2.05, 4.69) is 55.7 Å². The molecular weight excluding hydrogens is 637 g/mol. The summed E-state index contributed by atoms with van der Waals surface area (Å²) >= 11 is 0. The highest BCUT2D eigenvalue weighted by molar-refractivity contribution is 5.79. The largest absolute Gasteiger partial charge is 0.336 e. The molecule has 0 aromatic carbocycles. The lowest BCUT2D eigenvalue weighted by molar-refractivity contribution is -0.124. The minimum absolute atomic E-state index is 0.0831. The molecule has 0 spiro atoms. The van der Waals surface area contributed by atoms with Gasteiger partial charge < -0.3 is 10.6 Å². The van der Waals surface area contributed by atoms with Crippen LogP contribution >= 0.6 is 0 Å². The van der Waals surface area contributed by atoms with E-state index in [-0.39, 0.29) is 18.0 Å². The van der Waals surface area contributed by atoms with Crippen LogP contribution in [0.25, 0.3) is 0 Å². The van der Waals surface area contributed by atoms with E-state index in [9.17, 15) is 9.59 Å². The Morgan fingerprint density at radius 3 is 0.865 bits per heavy atom. The third-order valence-electron chi connectivity index (χ3n) is 10.6. The van der Waals surface area contributed by atoms with E-state index in [1.807, 2.05) is 0 Å². The molecule has 0 aromatic heterocycles. The fraction of sp³-hybridized carbons (Fsp3) is 0.875. The summed E-state index contributed by atoms with van der Waals surface area (Å²) in [5.41, 5.74) is 0. The average molecular weight is 729 g/mol. The normalized spacial score (nSPS) is 11.8. The Bertz CT molecular complexity index is 729. The molecule has 0 saturated heterocycles. The van der Waals surface area contributed by atoms with Crippen LogP contribution in [0, 0.1) is 0 Å². The van der Waals surface area contributed by atoms with Crippen LogP contribution in [0.5, 0.6) is 0 Å². The number of allylic oxidation sites excluding steroid dienone is 4. The van der Waals surface area contributed by atoms with Gasteiger partial charge in [0.2, 0.25) is 11.8 Å². The van der Waals surface area contributed by atoms with Gasteiger partial charge in [-0.3, -0.25) is 9.59 Å². The molecule has 2 amide bonds. The second-order valence-corrected chi connectivity index (χ2v) is 16.0. The van der Waals surface area contributed by atoms with Crippen molar-refractivity contribution in [1.82, 2.24) is 10.6 Å². The van der Waals surface area contributed by atoms with Gasteiger partial charge in [0.15, 0.2) is 0 Å². The highest BCUT2D eigenvalue weighted by Crippen LogP contribution is 2.14. The number of amides is 2.